The first-order valence-corrected chi connectivity index (χ1v) is 9.78. The number of anilines is 1. The lowest BCUT2D eigenvalue weighted by Crippen LogP contribution is -2.38. The van der Waals surface area contributed by atoms with Gasteiger partial charge in [0, 0.05) is 49.9 Å². The number of carbonyl (C=O) groups is 1. The highest BCUT2D eigenvalue weighted by molar-refractivity contribution is 6.13. The van der Waals surface area contributed by atoms with Crippen molar-refractivity contribution in [3.8, 4) is 0 Å². The molecule has 1 saturated heterocycles. The predicted molar refractivity (Wildman–Crippen MR) is 111 cm³/mol. The van der Waals surface area contributed by atoms with Crippen LogP contribution in [0, 0.1) is 6.92 Å². The first-order chi connectivity index (χ1) is 14.0. The van der Waals surface area contributed by atoms with Gasteiger partial charge in [-0.3, -0.25) is 19.2 Å². The third kappa shape index (κ3) is 3.94. The minimum atomic E-state index is -0.324. The number of hydrogen-bond donors (Lipinski definition) is 1. The number of fused-ring (bicyclic) bond motifs is 1. The Morgan fingerprint density at radius 2 is 1.93 bits per heavy atom. The summed E-state index contributed by atoms with van der Waals surface area (Å²) in [6.45, 7) is 6.71. The van der Waals surface area contributed by atoms with E-state index in [2.05, 4.69) is 15.3 Å². The molecule has 29 heavy (non-hydrogen) atoms. The summed E-state index contributed by atoms with van der Waals surface area (Å²) in [4.78, 5) is 27.9. The number of hydrogen-bond acceptors (Lipinski definition) is 5. The van der Waals surface area contributed by atoms with Crippen LogP contribution in [0.4, 0.5) is 5.82 Å². The van der Waals surface area contributed by atoms with Gasteiger partial charge in [-0.25, -0.2) is 0 Å². The van der Waals surface area contributed by atoms with Gasteiger partial charge in [-0.15, -0.1) is 0 Å². The summed E-state index contributed by atoms with van der Waals surface area (Å²) in [6, 6.07) is 9.19. The fourth-order valence-corrected chi connectivity index (χ4v) is 3.74. The lowest BCUT2D eigenvalue weighted by atomic mass is 10.0. The number of carbonyl (C=O) groups excluding carboxylic acids is 1. The summed E-state index contributed by atoms with van der Waals surface area (Å²) in [5.41, 5.74) is 1.37. The fourth-order valence-electron chi connectivity index (χ4n) is 3.74. The molecule has 0 radical (unpaired) electrons. The molecule has 1 aliphatic heterocycles. The van der Waals surface area contributed by atoms with Gasteiger partial charge in [0.1, 0.15) is 0 Å². The van der Waals surface area contributed by atoms with E-state index in [4.69, 9.17) is 4.74 Å². The summed E-state index contributed by atoms with van der Waals surface area (Å²) in [5.74, 6) is 0.149. The maximum absolute atomic E-state index is 13.0. The topological polar surface area (TPSA) is 81.4 Å². The Labute approximate surface area is 168 Å². The molecule has 0 unspecified atom stereocenters. The molecule has 3 aromatic rings. The molecule has 1 N–H and O–H groups in total. The molecule has 3 heterocycles. The van der Waals surface area contributed by atoms with Crippen LogP contribution < -0.4 is 10.9 Å². The molecular weight excluding hydrogens is 370 g/mol. The molecule has 0 bridgehead atoms. The first kappa shape index (κ1) is 19.4. The number of para-hydroxylation sites is 1. The monoisotopic (exact) mass is 395 g/mol. The third-order valence-corrected chi connectivity index (χ3v) is 5.39. The Balaban J connectivity index is 1.52. The van der Waals surface area contributed by atoms with Gasteiger partial charge in [0.2, 0.25) is 0 Å². The standard InChI is InChI=1S/C21H25N5O3/c1-15-19(16-5-3-4-6-17(16)24(2)21(15)28)20(27)22-18-7-8-26(23-18)10-9-25-11-13-29-14-12-25/h3-8H,9-14H2,1-2H3,(H,22,23,27). The van der Waals surface area contributed by atoms with Gasteiger partial charge in [0.25, 0.3) is 11.5 Å². The lowest BCUT2D eigenvalue weighted by molar-refractivity contribution is 0.0360. The number of nitrogens with one attached hydrogen (secondary N) is 1. The van der Waals surface area contributed by atoms with Crippen LogP contribution in [0.5, 0.6) is 0 Å². The van der Waals surface area contributed by atoms with Gasteiger partial charge in [0.05, 0.1) is 30.8 Å². The van der Waals surface area contributed by atoms with Gasteiger partial charge in [-0.1, -0.05) is 18.2 Å². The molecule has 1 aromatic carbocycles. The quantitative estimate of drug-likeness (QED) is 0.710. The van der Waals surface area contributed by atoms with Crippen molar-refractivity contribution in [1.29, 1.82) is 0 Å². The third-order valence-electron chi connectivity index (χ3n) is 5.39. The van der Waals surface area contributed by atoms with Crippen molar-refractivity contribution in [3.63, 3.8) is 0 Å². The minimum Gasteiger partial charge on any atom is -0.379 e. The molecule has 0 atom stereocenters. The predicted octanol–water partition coefficient (Wildman–Crippen LogP) is 1.63. The Kier molecular flexibility index (Phi) is 5.46. The van der Waals surface area contributed by atoms with Crippen LogP contribution in [0.2, 0.25) is 0 Å². The molecule has 1 aliphatic rings. The highest BCUT2D eigenvalue weighted by atomic mass is 16.5. The van der Waals surface area contributed by atoms with Gasteiger partial charge < -0.3 is 14.6 Å². The van der Waals surface area contributed by atoms with E-state index in [1.54, 1.807) is 24.6 Å². The number of pyridine rings is 1. The number of nitrogens with zero attached hydrogens (tertiary/aromatic N) is 4. The maximum Gasteiger partial charge on any atom is 0.258 e. The van der Waals surface area contributed by atoms with Crippen molar-refractivity contribution in [3.05, 3.63) is 58.0 Å². The minimum absolute atomic E-state index is 0.176. The summed E-state index contributed by atoms with van der Waals surface area (Å²) < 4.78 is 8.75. The van der Waals surface area contributed by atoms with Gasteiger partial charge >= 0.3 is 0 Å². The van der Waals surface area contributed by atoms with Crippen LogP contribution in [0.15, 0.2) is 41.3 Å². The Bertz CT molecular complexity index is 1100. The highest BCUT2D eigenvalue weighted by Gasteiger charge is 2.19. The number of amides is 1. The van der Waals surface area contributed by atoms with Crippen LogP contribution >= 0.6 is 0 Å². The average Bonchev–Trinajstić information content (AvgIpc) is 3.19. The number of aryl methyl sites for hydroxylation is 1. The SMILES string of the molecule is Cc1c(C(=O)Nc2ccn(CCN3CCOCC3)n2)c2ccccc2n(C)c1=O. The second-order valence-corrected chi connectivity index (χ2v) is 7.25. The largest absolute Gasteiger partial charge is 0.379 e. The molecular formula is C21H25N5O3. The van der Waals surface area contributed by atoms with Crippen molar-refractivity contribution in [2.75, 3.05) is 38.2 Å². The van der Waals surface area contributed by atoms with Gasteiger partial charge in [-0.05, 0) is 13.0 Å². The average molecular weight is 395 g/mol. The van der Waals surface area contributed by atoms with Crippen molar-refractivity contribution < 1.29 is 9.53 Å². The van der Waals surface area contributed by atoms with E-state index in [9.17, 15) is 9.59 Å². The molecule has 0 aliphatic carbocycles. The molecule has 152 valence electrons. The van der Waals surface area contributed by atoms with Crippen LogP contribution in [0.25, 0.3) is 10.9 Å². The highest BCUT2D eigenvalue weighted by Crippen LogP contribution is 2.20. The fraction of sp³-hybridized carbons (Fsp3) is 0.381. The zero-order chi connectivity index (χ0) is 20.4. The molecule has 4 rings (SSSR count). The maximum atomic E-state index is 13.0. The Morgan fingerprint density at radius 3 is 2.72 bits per heavy atom. The van der Waals surface area contributed by atoms with Crippen LogP contribution in [0.1, 0.15) is 15.9 Å². The van der Waals surface area contributed by atoms with E-state index in [1.165, 1.54) is 0 Å². The van der Waals surface area contributed by atoms with E-state index in [0.717, 1.165) is 50.3 Å². The summed E-state index contributed by atoms with van der Waals surface area (Å²) in [5, 5.41) is 8.04. The Hall–Kier alpha value is -2.97. The Morgan fingerprint density at radius 1 is 1.17 bits per heavy atom. The number of morpholine rings is 1. The second-order valence-electron chi connectivity index (χ2n) is 7.25. The first-order valence-electron chi connectivity index (χ1n) is 9.78. The normalized spacial score (nSPS) is 15.0. The van der Waals surface area contributed by atoms with Crippen molar-refractivity contribution >= 4 is 22.6 Å². The summed E-state index contributed by atoms with van der Waals surface area (Å²) in [6.07, 6.45) is 1.85. The molecule has 0 saturated carbocycles. The lowest BCUT2D eigenvalue weighted by Gasteiger charge is -2.26. The van der Waals surface area contributed by atoms with Gasteiger partial charge in [0.15, 0.2) is 5.82 Å². The second kappa shape index (κ2) is 8.18. The molecule has 1 fully saturated rings. The van der Waals surface area contributed by atoms with E-state index >= 15 is 0 Å². The van der Waals surface area contributed by atoms with E-state index < -0.39 is 0 Å². The van der Waals surface area contributed by atoms with Crippen LogP contribution in [-0.4, -0.2) is 58.0 Å². The number of aromatic nitrogens is 3. The van der Waals surface area contributed by atoms with E-state index in [-0.39, 0.29) is 11.5 Å². The van der Waals surface area contributed by atoms with Crippen molar-refractivity contribution in [2.45, 2.75) is 13.5 Å². The van der Waals surface area contributed by atoms with E-state index in [1.807, 2.05) is 35.1 Å². The molecule has 8 heteroatoms. The molecule has 1 amide bonds. The van der Waals surface area contributed by atoms with Crippen molar-refractivity contribution in [1.82, 2.24) is 19.2 Å². The number of ether oxygens (including phenoxy) is 1. The van der Waals surface area contributed by atoms with E-state index in [0.29, 0.717) is 16.9 Å². The van der Waals surface area contributed by atoms with Gasteiger partial charge in [-0.2, -0.15) is 5.10 Å². The van der Waals surface area contributed by atoms with Crippen molar-refractivity contribution in [2.24, 2.45) is 7.05 Å². The summed E-state index contributed by atoms with van der Waals surface area (Å²) >= 11 is 0. The number of benzene rings is 1. The molecule has 8 nitrogen and oxygen atoms in total. The molecule has 0 spiro atoms. The zero-order valence-corrected chi connectivity index (χ0v) is 16.7. The molecule has 2 aromatic heterocycles. The van der Waals surface area contributed by atoms with Crippen LogP contribution in [-0.2, 0) is 18.3 Å². The zero-order valence-electron chi connectivity index (χ0n) is 16.7. The summed E-state index contributed by atoms with van der Waals surface area (Å²) in [7, 11) is 1.72. The number of rotatable bonds is 5. The smallest absolute Gasteiger partial charge is 0.258 e. The van der Waals surface area contributed by atoms with Crippen LogP contribution in [0.3, 0.4) is 0 Å².